The van der Waals surface area contributed by atoms with Crippen LogP contribution in [0.4, 0.5) is 0 Å². The van der Waals surface area contributed by atoms with Crippen LogP contribution >= 0.6 is 0 Å². The summed E-state index contributed by atoms with van der Waals surface area (Å²) in [5.41, 5.74) is 1.23. The number of hydrogen-bond acceptors (Lipinski definition) is 4. The number of nitrogens with zero attached hydrogens (tertiary/aromatic N) is 1. The molecule has 0 aromatic heterocycles. The van der Waals surface area contributed by atoms with Crippen molar-refractivity contribution in [3.63, 3.8) is 0 Å². The van der Waals surface area contributed by atoms with Crippen LogP contribution in [0.15, 0.2) is 16.8 Å². The largest absolute Gasteiger partial charge is 0.371 e. The number of hydrogen-bond donors (Lipinski definition) is 3. The second kappa shape index (κ2) is 16.0. The van der Waals surface area contributed by atoms with Gasteiger partial charge in [-0.1, -0.05) is 46.1 Å². The molecule has 4 nitrogen and oxygen atoms in total. The van der Waals surface area contributed by atoms with Gasteiger partial charge in [0.1, 0.15) is 0 Å². The Kier molecular flexibility index (Phi) is 15.5. The lowest BCUT2D eigenvalue weighted by Crippen LogP contribution is -2.42. The van der Waals surface area contributed by atoms with Crippen LogP contribution in [0.5, 0.6) is 0 Å². The summed E-state index contributed by atoms with van der Waals surface area (Å²) >= 11 is 0. The Morgan fingerprint density at radius 3 is 2.21 bits per heavy atom. The minimum Gasteiger partial charge on any atom is -0.371 e. The molecule has 0 aliphatic heterocycles. The van der Waals surface area contributed by atoms with E-state index in [1.807, 2.05) is 13.3 Å². The maximum atomic E-state index is 4.21. The van der Waals surface area contributed by atoms with E-state index in [0.717, 1.165) is 24.8 Å². The van der Waals surface area contributed by atoms with E-state index >= 15 is 0 Å². The second-order valence-electron chi connectivity index (χ2n) is 9.43. The Morgan fingerprint density at radius 2 is 1.64 bits per heavy atom. The highest BCUT2D eigenvalue weighted by Gasteiger charge is 2.11. The zero-order chi connectivity index (χ0) is 21.4. The molecule has 0 fully saturated rings. The quantitative estimate of drug-likeness (QED) is 0.239. The fourth-order valence-electron chi connectivity index (χ4n) is 3.50. The van der Waals surface area contributed by atoms with Crippen molar-refractivity contribution in [1.82, 2.24) is 16.0 Å². The first kappa shape index (κ1) is 27.1. The van der Waals surface area contributed by atoms with Gasteiger partial charge in [0.2, 0.25) is 0 Å². The summed E-state index contributed by atoms with van der Waals surface area (Å²) in [5, 5.41) is 10.6. The third-order valence-electron chi connectivity index (χ3n) is 5.14. The Bertz CT molecular complexity index is 423. The topological polar surface area (TPSA) is 48.5 Å². The number of nitrogens with one attached hydrogen (secondary N) is 3. The van der Waals surface area contributed by atoms with Gasteiger partial charge in [-0.25, -0.2) is 0 Å². The Balaban J connectivity index is 4.46. The predicted octanol–water partition coefficient (Wildman–Crippen LogP) is 5.51. The van der Waals surface area contributed by atoms with E-state index in [0.29, 0.717) is 12.0 Å². The molecule has 3 N–H and O–H groups in total. The van der Waals surface area contributed by atoms with E-state index in [2.05, 4.69) is 75.5 Å². The van der Waals surface area contributed by atoms with Crippen molar-refractivity contribution in [2.75, 3.05) is 20.3 Å². The van der Waals surface area contributed by atoms with Gasteiger partial charge in [-0.3, -0.25) is 10.3 Å². The van der Waals surface area contributed by atoms with Gasteiger partial charge in [0.05, 0.1) is 6.67 Å². The SMILES string of the molecule is CCC[C@H](CCN[C@@H](C)CCC)CC[C@H](C)/C=C(\C=NC)NCNC(C)(C)C. The molecule has 0 spiro atoms. The molecule has 4 heteroatoms. The molecular formula is C24H50N4. The van der Waals surface area contributed by atoms with E-state index in [1.54, 1.807) is 0 Å². The van der Waals surface area contributed by atoms with E-state index < -0.39 is 0 Å². The van der Waals surface area contributed by atoms with Gasteiger partial charge in [-0.2, -0.15) is 0 Å². The highest BCUT2D eigenvalue weighted by Crippen LogP contribution is 2.21. The smallest absolute Gasteiger partial charge is 0.0657 e. The van der Waals surface area contributed by atoms with Crippen molar-refractivity contribution in [2.24, 2.45) is 16.8 Å². The van der Waals surface area contributed by atoms with Crippen LogP contribution in [-0.2, 0) is 0 Å². The highest BCUT2D eigenvalue weighted by atomic mass is 15.1. The third kappa shape index (κ3) is 16.1. The minimum atomic E-state index is 0.114. The lowest BCUT2D eigenvalue weighted by molar-refractivity contribution is 0.365. The monoisotopic (exact) mass is 394 g/mol. The van der Waals surface area contributed by atoms with Crippen LogP contribution in [0, 0.1) is 11.8 Å². The first-order valence-corrected chi connectivity index (χ1v) is 11.6. The maximum absolute atomic E-state index is 4.21. The molecule has 0 unspecified atom stereocenters. The summed E-state index contributed by atoms with van der Waals surface area (Å²) in [7, 11) is 1.83. The van der Waals surface area contributed by atoms with Crippen LogP contribution in [-0.4, -0.2) is 38.1 Å². The lowest BCUT2D eigenvalue weighted by atomic mass is 9.90. The molecule has 166 valence electrons. The molecule has 0 saturated heterocycles. The number of rotatable bonds is 16. The summed E-state index contributed by atoms with van der Waals surface area (Å²) in [5.74, 6) is 1.39. The van der Waals surface area contributed by atoms with Gasteiger partial charge in [-0.15, -0.1) is 0 Å². The van der Waals surface area contributed by atoms with Crippen LogP contribution in [0.1, 0.15) is 93.4 Å². The molecule has 0 aliphatic rings. The summed E-state index contributed by atoms with van der Waals surface area (Å²) in [6, 6.07) is 0.651. The molecule has 0 amide bonds. The summed E-state index contributed by atoms with van der Waals surface area (Å²) in [6.07, 6.45) is 13.3. The number of allylic oxidation sites excluding steroid dienone is 2. The summed E-state index contributed by atoms with van der Waals surface area (Å²) in [6.45, 7) is 17.7. The minimum absolute atomic E-state index is 0.114. The fourth-order valence-corrected chi connectivity index (χ4v) is 3.50. The molecule has 0 aromatic rings. The molecule has 28 heavy (non-hydrogen) atoms. The molecule has 0 rings (SSSR count). The van der Waals surface area contributed by atoms with Crippen LogP contribution < -0.4 is 16.0 Å². The zero-order valence-corrected chi connectivity index (χ0v) is 20.2. The van der Waals surface area contributed by atoms with E-state index in [9.17, 15) is 0 Å². The molecule has 0 bridgehead atoms. The molecule has 0 aliphatic carbocycles. The standard InChI is InChI=1S/C24H50N4/c1-9-11-21(4)26-16-15-22(12-10-2)14-13-20(3)17-23(18-25-8)27-19-28-24(5,6)7/h17-18,20-22,26-28H,9-16,19H2,1-8H3/b23-17+,25-18?/t20-,21-,22-/m0/s1. The Morgan fingerprint density at radius 1 is 0.964 bits per heavy atom. The van der Waals surface area contributed by atoms with Gasteiger partial charge >= 0.3 is 0 Å². The molecule has 0 aromatic carbocycles. The van der Waals surface area contributed by atoms with Crippen LogP contribution in [0.25, 0.3) is 0 Å². The van der Waals surface area contributed by atoms with Gasteiger partial charge in [-0.05, 0) is 71.8 Å². The van der Waals surface area contributed by atoms with Gasteiger partial charge < -0.3 is 10.6 Å². The van der Waals surface area contributed by atoms with E-state index in [1.165, 1.54) is 44.9 Å². The molecule has 0 saturated carbocycles. The average molecular weight is 395 g/mol. The Labute approximate surface area is 176 Å². The van der Waals surface area contributed by atoms with Crippen molar-refractivity contribution in [1.29, 1.82) is 0 Å². The predicted molar refractivity (Wildman–Crippen MR) is 127 cm³/mol. The third-order valence-corrected chi connectivity index (χ3v) is 5.14. The van der Waals surface area contributed by atoms with Gasteiger partial charge in [0, 0.05) is 30.5 Å². The molecule has 3 atom stereocenters. The van der Waals surface area contributed by atoms with Gasteiger partial charge in [0.15, 0.2) is 0 Å². The average Bonchev–Trinajstić information content (AvgIpc) is 2.59. The first-order chi connectivity index (χ1) is 13.2. The normalized spacial score (nSPS) is 16.4. The molecule has 0 radical (unpaired) electrons. The van der Waals surface area contributed by atoms with Crippen molar-refractivity contribution >= 4 is 6.21 Å². The second-order valence-corrected chi connectivity index (χ2v) is 9.43. The lowest BCUT2D eigenvalue weighted by Gasteiger charge is -2.22. The van der Waals surface area contributed by atoms with Crippen LogP contribution in [0.2, 0.25) is 0 Å². The van der Waals surface area contributed by atoms with Crippen molar-refractivity contribution in [2.45, 2.75) is 105 Å². The number of aliphatic imine (C=N–C) groups is 1. The van der Waals surface area contributed by atoms with Gasteiger partial charge in [0.25, 0.3) is 0 Å². The first-order valence-electron chi connectivity index (χ1n) is 11.6. The van der Waals surface area contributed by atoms with Crippen molar-refractivity contribution < 1.29 is 0 Å². The maximum Gasteiger partial charge on any atom is 0.0657 e. The zero-order valence-electron chi connectivity index (χ0n) is 20.2. The van der Waals surface area contributed by atoms with Crippen LogP contribution in [0.3, 0.4) is 0 Å². The van der Waals surface area contributed by atoms with Crippen molar-refractivity contribution in [3.8, 4) is 0 Å². The summed E-state index contributed by atoms with van der Waals surface area (Å²) in [4.78, 5) is 4.21. The van der Waals surface area contributed by atoms with E-state index in [4.69, 9.17) is 0 Å². The molecule has 0 heterocycles. The van der Waals surface area contributed by atoms with E-state index in [-0.39, 0.29) is 5.54 Å². The summed E-state index contributed by atoms with van der Waals surface area (Å²) < 4.78 is 0. The van der Waals surface area contributed by atoms with Crippen molar-refractivity contribution in [3.05, 3.63) is 11.8 Å². The fraction of sp³-hybridized carbons (Fsp3) is 0.875. The Hall–Kier alpha value is -0.870. The highest BCUT2D eigenvalue weighted by molar-refractivity contribution is 5.77. The molecular weight excluding hydrogens is 344 g/mol.